The first-order valence-electron chi connectivity index (χ1n) is 8.88. The number of carbonyl (C=O) groups excluding carboxylic acids is 2. The monoisotopic (exact) mass is 382 g/mol. The second-order valence-electron chi connectivity index (χ2n) is 6.43. The lowest BCUT2D eigenvalue weighted by Gasteiger charge is -2.19. The molecule has 140 valence electrons. The Morgan fingerprint density at radius 3 is 2.41 bits per heavy atom. The molecular weight excluding hydrogens is 360 g/mol. The Kier molecular flexibility index (Phi) is 5.88. The highest BCUT2D eigenvalue weighted by molar-refractivity contribution is 7.21. The van der Waals surface area contributed by atoms with Gasteiger partial charge in [-0.2, -0.15) is 0 Å². The fourth-order valence-corrected chi connectivity index (χ4v) is 4.27. The second kappa shape index (κ2) is 8.33. The Morgan fingerprint density at radius 2 is 1.78 bits per heavy atom. The Bertz CT molecular complexity index is 963. The molecule has 0 fully saturated rings. The van der Waals surface area contributed by atoms with Gasteiger partial charge in [-0.05, 0) is 48.1 Å². The summed E-state index contributed by atoms with van der Waals surface area (Å²) in [7, 11) is 0. The summed E-state index contributed by atoms with van der Waals surface area (Å²) in [5.41, 5.74) is 3.91. The van der Waals surface area contributed by atoms with Crippen molar-refractivity contribution in [1.29, 1.82) is 0 Å². The van der Waals surface area contributed by atoms with Gasteiger partial charge in [0, 0.05) is 10.3 Å². The summed E-state index contributed by atoms with van der Waals surface area (Å²) < 4.78 is 1.10. The van der Waals surface area contributed by atoms with E-state index in [0.29, 0.717) is 5.56 Å². The predicted molar refractivity (Wildman–Crippen MR) is 107 cm³/mol. The maximum absolute atomic E-state index is 12.9. The zero-order valence-electron chi connectivity index (χ0n) is 15.3. The number of nitrogens with one attached hydrogen (secondary N) is 2. The maximum atomic E-state index is 12.9. The molecule has 3 rings (SSSR count). The number of fused-ring (bicyclic) bond motifs is 1. The molecule has 2 aromatic carbocycles. The Labute approximate surface area is 162 Å². The molecule has 27 heavy (non-hydrogen) atoms. The first kappa shape index (κ1) is 19.1. The first-order valence-corrected chi connectivity index (χ1v) is 9.70. The number of carbonyl (C=O) groups is 2. The molecule has 1 atom stereocenters. The second-order valence-corrected chi connectivity index (χ2v) is 7.48. The number of rotatable bonds is 6. The van der Waals surface area contributed by atoms with Gasteiger partial charge in [0.1, 0.15) is 0 Å². The van der Waals surface area contributed by atoms with E-state index in [1.54, 1.807) is 17.6 Å². The largest absolute Gasteiger partial charge is 0.345 e. The minimum atomic E-state index is -0.557. The van der Waals surface area contributed by atoms with E-state index in [-0.39, 0.29) is 11.9 Å². The molecule has 3 aromatic rings. The molecule has 1 heterocycles. The molecular formula is C21H22N2O3S. The topological polar surface area (TPSA) is 78.4 Å². The molecule has 0 radical (unpaired) electrons. The van der Waals surface area contributed by atoms with Crippen LogP contribution >= 0.6 is 11.3 Å². The van der Waals surface area contributed by atoms with E-state index in [1.165, 1.54) is 11.3 Å². The average Bonchev–Trinajstić information content (AvgIpc) is 3.04. The molecule has 0 saturated carbocycles. The van der Waals surface area contributed by atoms with E-state index in [1.807, 2.05) is 43.3 Å². The van der Waals surface area contributed by atoms with Crippen molar-refractivity contribution in [2.75, 3.05) is 0 Å². The van der Waals surface area contributed by atoms with Crippen molar-refractivity contribution in [3.63, 3.8) is 0 Å². The minimum Gasteiger partial charge on any atom is -0.345 e. The third-order valence-electron chi connectivity index (χ3n) is 4.61. The van der Waals surface area contributed by atoms with Gasteiger partial charge in [0.2, 0.25) is 0 Å². The molecule has 0 spiro atoms. The normalized spacial score (nSPS) is 12.0. The summed E-state index contributed by atoms with van der Waals surface area (Å²) in [6.07, 6.45) is 1.70. The van der Waals surface area contributed by atoms with Gasteiger partial charge >= 0.3 is 0 Å². The standard InChI is InChI=1S/C21H22N2O3S/c1-3-6-17(14-9-11-15(12-10-14)20(24)23-26)22-21(25)19-13(2)16-7-4-5-8-18(16)27-19/h4-5,7-12,17,26H,3,6H2,1-2H3,(H,22,25)(H,23,24)/t17-/m1/s1. The number of hydrogen-bond donors (Lipinski definition) is 3. The molecule has 0 aliphatic heterocycles. The van der Waals surface area contributed by atoms with Crippen LogP contribution in [0.3, 0.4) is 0 Å². The average molecular weight is 382 g/mol. The molecule has 5 nitrogen and oxygen atoms in total. The van der Waals surface area contributed by atoms with E-state index in [2.05, 4.69) is 12.2 Å². The van der Waals surface area contributed by atoms with Crippen molar-refractivity contribution in [1.82, 2.24) is 10.8 Å². The number of hydroxylamine groups is 1. The lowest BCUT2D eigenvalue weighted by molar-refractivity contribution is 0.0706. The SMILES string of the molecule is CCC[C@@H](NC(=O)c1sc2ccccc2c1C)c1ccc(C(=O)NO)cc1. The van der Waals surface area contributed by atoms with Crippen LogP contribution in [0.2, 0.25) is 0 Å². The Morgan fingerprint density at radius 1 is 1.07 bits per heavy atom. The van der Waals surface area contributed by atoms with E-state index < -0.39 is 5.91 Å². The molecule has 0 aliphatic carbocycles. The zero-order valence-corrected chi connectivity index (χ0v) is 16.1. The third kappa shape index (κ3) is 4.02. The molecule has 0 aliphatic rings. The van der Waals surface area contributed by atoms with Gasteiger partial charge in [-0.1, -0.05) is 43.7 Å². The number of hydrogen-bond acceptors (Lipinski definition) is 4. The van der Waals surface area contributed by atoms with Crippen LogP contribution in [0.1, 0.15) is 57.0 Å². The predicted octanol–water partition coefficient (Wildman–Crippen LogP) is 4.60. The van der Waals surface area contributed by atoms with Gasteiger partial charge in [-0.15, -0.1) is 11.3 Å². The molecule has 0 unspecified atom stereocenters. The van der Waals surface area contributed by atoms with Gasteiger partial charge in [-0.25, -0.2) is 5.48 Å². The van der Waals surface area contributed by atoms with Crippen molar-refractivity contribution in [3.05, 3.63) is 70.1 Å². The van der Waals surface area contributed by atoms with Crippen LogP contribution < -0.4 is 10.8 Å². The fourth-order valence-electron chi connectivity index (χ4n) is 3.16. The smallest absolute Gasteiger partial charge is 0.274 e. The highest BCUT2D eigenvalue weighted by Crippen LogP contribution is 2.31. The molecule has 3 N–H and O–H groups in total. The van der Waals surface area contributed by atoms with Crippen molar-refractivity contribution >= 4 is 33.2 Å². The number of amides is 2. The molecule has 0 bridgehead atoms. The van der Waals surface area contributed by atoms with Gasteiger partial charge in [0.15, 0.2) is 0 Å². The van der Waals surface area contributed by atoms with Crippen LogP contribution in [0.5, 0.6) is 0 Å². The molecule has 6 heteroatoms. The summed E-state index contributed by atoms with van der Waals surface area (Å²) in [6, 6.07) is 14.8. The lowest BCUT2D eigenvalue weighted by atomic mass is 10.0. The number of thiophene rings is 1. The van der Waals surface area contributed by atoms with Crippen molar-refractivity contribution < 1.29 is 14.8 Å². The Balaban J connectivity index is 1.84. The van der Waals surface area contributed by atoms with Crippen molar-refractivity contribution in [2.24, 2.45) is 0 Å². The fraction of sp³-hybridized carbons (Fsp3) is 0.238. The number of aryl methyl sites for hydroxylation is 1. The Hall–Kier alpha value is -2.70. The zero-order chi connectivity index (χ0) is 19.4. The lowest BCUT2D eigenvalue weighted by Crippen LogP contribution is -2.28. The van der Waals surface area contributed by atoms with Gasteiger partial charge in [0.05, 0.1) is 10.9 Å². The first-order chi connectivity index (χ1) is 13.0. The van der Waals surface area contributed by atoms with Crippen molar-refractivity contribution in [3.8, 4) is 0 Å². The van der Waals surface area contributed by atoms with E-state index >= 15 is 0 Å². The van der Waals surface area contributed by atoms with Gasteiger partial charge in [-0.3, -0.25) is 14.8 Å². The number of benzene rings is 2. The molecule has 0 saturated heterocycles. The van der Waals surface area contributed by atoms with Crippen LogP contribution in [0.25, 0.3) is 10.1 Å². The maximum Gasteiger partial charge on any atom is 0.274 e. The molecule has 1 aromatic heterocycles. The summed E-state index contributed by atoms with van der Waals surface area (Å²) in [6.45, 7) is 4.04. The van der Waals surface area contributed by atoms with Crippen LogP contribution in [0.4, 0.5) is 0 Å². The van der Waals surface area contributed by atoms with Crippen molar-refractivity contribution in [2.45, 2.75) is 32.7 Å². The van der Waals surface area contributed by atoms with E-state index in [9.17, 15) is 9.59 Å². The van der Waals surface area contributed by atoms with Gasteiger partial charge < -0.3 is 5.32 Å². The third-order valence-corrected chi connectivity index (χ3v) is 5.88. The van der Waals surface area contributed by atoms with Crippen LogP contribution in [-0.4, -0.2) is 17.0 Å². The highest BCUT2D eigenvalue weighted by atomic mass is 32.1. The van der Waals surface area contributed by atoms with Crippen LogP contribution in [-0.2, 0) is 0 Å². The van der Waals surface area contributed by atoms with E-state index in [0.717, 1.165) is 38.9 Å². The van der Waals surface area contributed by atoms with E-state index in [4.69, 9.17) is 5.21 Å². The quantitative estimate of drug-likeness (QED) is 0.431. The van der Waals surface area contributed by atoms with Crippen LogP contribution in [0, 0.1) is 6.92 Å². The summed E-state index contributed by atoms with van der Waals surface area (Å²) in [4.78, 5) is 25.1. The summed E-state index contributed by atoms with van der Waals surface area (Å²) in [5.74, 6) is -0.636. The van der Waals surface area contributed by atoms with Crippen LogP contribution in [0.15, 0.2) is 48.5 Å². The summed E-state index contributed by atoms with van der Waals surface area (Å²) >= 11 is 1.50. The van der Waals surface area contributed by atoms with Gasteiger partial charge in [0.25, 0.3) is 11.8 Å². The molecule has 2 amide bonds. The summed E-state index contributed by atoms with van der Waals surface area (Å²) in [5, 5.41) is 13.0. The highest BCUT2D eigenvalue weighted by Gasteiger charge is 2.20. The minimum absolute atomic E-state index is 0.0793.